The molecule has 1 aromatic carbocycles. The highest BCUT2D eigenvalue weighted by Crippen LogP contribution is 2.34. The van der Waals surface area contributed by atoms with Crippen molar-refractivity contribution in [2.24, 2.45) is 11.7 Å². The van der Waals surface area contributed by atoms with Crippen molar-refractivity contribution in [3.8, 4) is 5.75 Å². The van der Waals surface area contributed by atoms with E-state index in [9.17, 15) is 4.79 Å². The van der Waals surface area contributed by atoms with Crippen LogP contribution in [0, 0.1) is 12.8 Å². The number of hydrogen-bond donors (Lipinski definition) is 1. The fraction of sp³-hybridized carbons (Fsp3) is 0.400. The molecule has 2 heterocycles. The van der Waals surface area contributed by atoms with Gasteiger partial charge in [-0.05, 0) is 49.8 Å². The first-order chi connectivity index (χ1) is 13.5. The monoisotopic (exact) mass is 403 g/mol. The van der Waals surface area contributed by atoms with Gasteiger partial charge in [0.15, 0.2) is 0 Å². The maximum atomic E-state index is 13.3. The molecule has 144 valence electrons. The third-order valence-corrected chi connectivity index (χ3v) is 5.11. The number of aryl methyl sites for hydroxylation is 1. The first kappa shape index (κ1) is 21.8. The number of hydrogen-bond acceptors (Lipinski definition) is 4. The average Bonchev–Trinajstić information content (AvgIpc) is 2.59. The Hall–Kier alpha value is -1.92. The fourth-order valence-corrected chi connectivity index (χ4v) is 3.87. The molecule has 2 atom stereocenters. The van der Waals surface area contributed by atoms with Crippen molar-refractivity contribution in [1.29, 1.82) is 0 Å². The van der Waals surface area contributed by atoms with E-state index in [1.165, 1.54) is 0 Å². The quantitative estimate of drug-likeness (QED) is 0.507. The molecule has 0 aliphatic carbocycles. The minimum atomic E-state index is -1.90. The third-order valence-electron chi connectivity index (χ3n) is 4.81. The summed E-state index contributed by atoms with van der Waals surface area (Å²) in [5.41, 5.74) is 6.44. The van der Waals surface area contributed by atoms with Gasteiger partial charge in [-0.25, -0.2) is 0 Å². The second-order valence-electron chi connectivity index (χ2n) is 7.78. The first-order valence-electron chi connectivity index (χ1n) is 9.39. The second kappa shape index (κ2) is 8.08. The number of benzene rings is 1. The zero-order chi connectivity index (χ0) is 21.5. The number of rotatable bonds is 6. The van der Waals surface area contributed by atoms with E-state index in [2.05, 4.69) is 4.98 Å². The number of ether oxygens (including phenoxy) is 1. The molecule has 0 amide bonds. The molecule has 0 fully saturated rings. The fourth-order valence-electron chi connectivity index (χ4n) is 3.65. The van der Waals surface area contributed by atoms with Gasteiger partial charge in [0.2, 0.25) is 0 Å². The van der Waals surface area contributed by atoms with E-state index in [1.54, 1.807) is 31.3 Å². The number of halogens is 1. The van der Waals surface area contributed by atoms with Crippen LogP contribution in [0.4, 0.5) is 0 Å². The number of nitrogens with two attached hydrogens (primary N) is 1. The van der Waals surface area contributed by atoms with Gasteiger partial charge in [0.25, 0.3) is 5.56 Å². The Balaban J connectivity index is 2.22. The van der Waals surface area contributed by atoms with Crippen LogP contribution >= 0.6 is 11.6 Å². The van der Waals surface area contributed by atoms with Crippen LogP contribution < -0.4 is 16.0 Å². The lowest BCUT2D eigenvalue weighted by atomic mass is 9.49. The minimum absolute atomic E-state index is 0.0721. The molecular weight excluding hydrogens is 382 g/mol. The van der Waals surface area contributed by atoms with E-state index in [0.29, 0.717) is 39.4 Å². The molecule has 3 aromatic rings. The van der Waals surface area contributed by atoms with Gasteiger partial charge in [0, 0.05) is 17.6 Å². The number of nitrogens with zero attached hydrogens (tertiary/aromatic N) is 2. The van der Waals surface area contributed by atoms with Gasteiger partial charge < -0.3 is 15.0 Å². The van der Waals surface area contributed by atoms with Crippen molar-refractivity contribution in [1.82, 2.24) is 9.55 Å². The Bertz CT molecular complexity index is 1130. The Morgan fingerprint density at radius 1 is 1.24 bits per heavy atom. The Kier molecular flexibility index (Phi) is 6.07. The second-order valence-corrected chi connectivity index (χ2v) is 8.18. The zero-order valence-corrected chi connectivity index (χ0v) is 17.5. The van der Waals surface area contributed by atoms with Crippen LogP contribution in [-0.4, -0.2) is 45.7 Å². The van der Waals surface area contributed by atoms with E-state index in [0.717, 1.165) is 16.4 Å². The predicted molar refractivity (Wildman–Crippen MR) is 121 cm³/mol. The molecule has 9 heteroatoms. The van der Waals surface area contributed by atoms with Gasteiger partial charge in [-0.3, -0.25) is 9.78 Å². The maximum Gasteiger partial charge on any atom is 0.257 e. The van der Waals surface area contributed by atoms with E-state index < -0.39 is 10.8 Å². The molecule has 5 nitrogen and oxygen atoms in total. The highest BCUT2D eigenvalue weighted by Gasteiger charge is 2.22. The van der Waals surface area contributed by atoms with Crippen molar-refractivity contribution in [3.05, 3.63) is 45.5 Å². The third kappa shape index (κ3) is 4.33. The van der Waals surface area contributed by atoms with Crippen LogP contribution in [0.1, 0.15) is 26.0 Å². The van der Waals surface area contributed by atoms with Crippen LogP contribution in [0.25, 0.3) is 21.7 Å². The highest BCUT2D eigenvalue weighted by atomic mass is 35.5. The first-order valence-corrected chi connectivity index (χ1v) is 9.77. The van der Waals surface area contributed by atoms with Gasteiger partial charge in [-0.15, -0.1) is 0 Å². The van der Waals surface area contributed by atoms with Gasteiger partial charge >= 0.3 is 0 Å². The summed E-state index contributed by atoms with van der Waals surface area (Å²) in [5, 5.41) is 0.226. The molecule has 2 N–H and O–H groups in total. The topological polar surface area (TPSA) is 70.1 Å². The van der Waals surface area contributed by atoms with Crippen LogP contribution in [0.2, 0.25) is 5.02 Å². The average molecular weight is 403 g/mol. The van der Waals surface area contributed by atoms with Crippen molar-refractivity contribution >= 4 is 56.8 Å². The lowest BCUT2D eigenvalue weighted by Crippen LogP contribution is -2.43. The van der Waals surface area contributed by atoms with E-state index >= 15 is 0 Å². The van der Waals surface area contributed by atoms with Crippen molar-refractivity contribution in [2.45, 2.75) is 38.5 Å². The van der Waals surface area contributed by atoms with Gasteiger partial charge in [0.05, 0.1) is 51.8 Å². The van der Waals surface area contributed by atoms with Gasteiger partial charge in [-0.2, -0.15) is 0 Å². The molecular formula is C20H21B3ClN3O2. The Morgan fingerprint density at radius 3 is 2.55 bits per heavy atom. The van der Waals surface area contributed by atoms with E-state index in [1.807, 2.05) is 13.8 Å². The molecule has 0 bridgehead atoms. The molecule has 3 rings (SSSR count). The van der Waals surface area contributed by atoms with Crippen LogP contribution in [0.5, 0.6) is 5.75 Å². The van der Waals surface area contributed by atoms with E-state index in [4.69, 9.17) is 45.6 Å². The number of pyridine rings is 2. The van der Waals surface area contributed by atoms with Crippen molar-refractivity contribution in [2.75, 3.05) is 6.61 Å². The summed E-state index contributed by atoms with van der Waals surface area (Å²) < 4.78 is 7.04. The summed E-state index contributed by atoms with van der Waals surface area (Å²) in [7, 11) is 17.8. The molecule has 2 unspecified atom stereocenters. The van der Waals surface area contributed by atoms with Crippen LogP contribution in [0.15, 0.2) is 29.2 Å². The summed E-state index contributed by atoms with van der Waals surface area (Å²) >= 11 is 6.47. The smallest absolute Gasteiger partial charge is 0.257 e. The van der Waals surface area contributed by atoms with E-state index in [-0.39, 0.29) is 12.0 Å². The molecule has 6 radical (unpaired) electrons. The zero-order valence-electron chi connectivity index (χ0n) is 16.8. The van der Waals surface area contributed by atoms with Crippen LogP contribution in [-0.2, 0) is 5.24 Å². The highest BCUT2D eigenvalue weighted by molar-refractivity contribution is 6.57. The summed E-state index contributed by atoms with van der Waals surface area (Å²) in [4.78, 5) is 17.5. The SMILES string of the molecule is [B]C([B])([B])n1c(=O)c2cc(OCC(C)CC(C)N)c(Cl)cc2c2ccnc(C)c21. The summed E-state index contributed by atoms with van der Waals surface area (Å²) in [6.45, 7) is 6.17. The molecule has 0 aliphatic rings. The Labute approximate surface area is 179 Å². The van der Waals surface area contributed by atoms with Crippen molar-refractivity contribution < 1.29 is 4.74 Å². The summed E-state index contributed by atoms with van der Waals surface area (Å²) in [6, 6.07) is 5.16. The normalized spacial score (nSPS) is 14.2. The van der Waals surface area contributed by atoms with Crippen LogP contribution in [0.3, 0.4) is 0 Å². The molecule has 2 aromatic heterocycles. The maximum absolute atomic E-state index is 13.3. The summed E-state index contributed by atoms with van der Waals surface area (Å²) in [6.07, 6.45) is 2.45. The molecule has 29 heavy (non-hydrogen) atoms. The molecule has 0 aliphatic heterocycles. The van der Waals surface area contributed by atoms with Crippen molar-refractivity contribution in [3.63, 3.8) is 0 Å². The molecule has 0 spiro atoms. The largest absolute Gasteiger partial charge is 0.492 e. The Morgan fingerprint density at radius 2 is 1.93 bits per heavy atom. The summed E-state index contributed by atoms with van der Waals surface area (Å²) in [5.74, 6) is 0.634. The number of fused-ring (bicyclic) bond motifs is 3. The predicted octanol–water partition coefficient (Wildman–Crippen LogP) is 2.34. The standard InChI is InChI=1S/C20H21B3ClN3O2/c1-10(6-11(2)25)9-29-17-8-15-14(7-16(17)24)13-4-5-26-12(3)18(13)27(19(15)28)20(21,22)23/h4-5,7-8,10-11H,6,9,25H2,1-3H3. The minimum Gasteiger partial charge on any atom is -0.492 e. The number of aromatic nitrogens is 2. The molecule has 0 saturated heterocycles. The lowest BCUT2D eigenvalue weighted by Gasteiger charge is -2.28. The van der Waals surface area contributed by atoms with Gasteiger partial charge in [0.1, 0.15) is 5.75 Å². The van der Waals surface area contributed by atoms with Gasteiger partial charge in [-0.1, -0.05) is 23.8 Å². The lowest BCUT2D eigenvalue weighted by molar-refractivity contribution is 0.247. The molecule has 0 saturated carbocycles.